The zero-order valence-corrected chi connectivity index (χ0v) is 18.9. The van der Waals surface area contributed by atoms with Crippen molar-refractivity contribution in [3.8, 4) is 28.1 Å². The first-order chi connectivity index (χ1) is 16.4. The molecule has 0 fully saturated rings. The van der Waals surface area contributed by atoms with Gasteiger partial charge < -0.3 is 18.6 Å². The van der Waals surface area contributed by atoms with E-state index in [1.54, 1.807) is 36.4 Å². The Balaban J connectivity index is 1.55. The second kappa shape index (κ2) is 8.80. The Labute approximate surface area is 198 Å². The van der Waals surface area contributed by atoms with Crippen LogP contribution >= 0.6 is 23.6 Å². The van der Waals surface area contributed by atoms with Crippen LogP contribution in [0.25, 0.3) is 26.4 Å². The Bertz CT molecular complexity index is 1650. The normalized spacial score (nSPS) is 11.3. The number of aromatic nitrogens is 3. The SMILES string of the molecule is COc1ccnc2c(=O)n(-c3nc4ccc(Oc5ccccc5OC(F)F)cc4s3)c(=S)oc12. The van der Waals surface area contributed by atoms with Crippen molar-refractivity contribution in [3.63, 3.8) is 0 Å². The van der Waals surface area contributed by atoms with Gasteiger partial charge >= 0.3 is 6.61 Å². The van der Waals surface area contributed by atoms with Gasteiger partial charge in [-0.05, 0) is 36.5 Å². The van der Waals surface area contributed by atoms with E-state index in [0.29, 0.717) is 21.7 Å². The van der Waals surface area contributed by atoms with E-state index in [0.717, 1.165) is 4.57 Å². The molecule has 0 saturated heterocycles. The van der Waals surface area contributed by atoms with Gasteiger partial charge in [0, 0.05) is 18.3 Å². The lowest BCUT2D eigenvalue weighted by Crippen LogP contribution is -2.20. The molecule has 0 unspecified atom stereocenters. The highest BCUT2D eigenvalue weighted by atomic mass is 32.1. The van der Waals surface area contributed by atoms with E-state index in [2.05, 4.69) is 14.7 Å². The molecular formula is C22H13F2N3O5S2. The average Bonchev–Trinajstić information content (AvgIpc) is 3.22. The minimum absolute atomic E-state index is 0.0480. The fourth-order valence-corrected chi connectivity index (χ4v) is 4.54. The zero-order chi connectivity index (χ0) is 23.8. The van der Waals surface area contributed by atoms with Crippen LogP contribution in [0.15, 0.2) is 63.9 Å². The van der Waals surface area contributed by atoms with E-state index in [1.165, 1.54) is 36.8 Å². The summed E-state index contributed by atoms with van der Waals surface area (Å²) in [6.45, 7) is -2.98. The van der Waals surface area contributed by atoms with Crippen LogP contribution in [0.3, 0.4) is 0 Å². The molecule has 8 nitrogen and oxygen atoms in total. The van der Waals surface area contributed by atoms with Crippen LogP contribution in [0, 0.1) is 4.84 Å². The second-order valence-corrected chi connectivity index (χ2v) is 8.11. The Morgan fingerprint density at radius 1 is 1.12 bits per heavy atom. The number of thiazole rings is 1. The summed E-state index contributed by atoms with van der Waals surface area (Å²) in [5.41, 5.74) is 0.271. The van der Waals surface area contributed by atoms with Crippen LogP contribution < -0.4 is 19.8 Å². The Morgan fingerprint density at radius 3 is 2.68 bits per heavy atom. The van der Waals surface area contributed by atoms with E-state index in [1.807, 2.05) is 0 Å². The standard InChI is InChI=1S/C22H13F2N3O5S2/c1-29-15-8-9-25-17-18(15)32-22(33)27(19(17)28)21-26-12-7-6-11(10-16(12)34-21)30-13-4-2-3-5-14(13)31-20(23)24/h2-10,20H,1H3. The molecule has 0 aliphatic rings. The number of rotatable bonds is 6. The molecule has 0 saturated carbocycles. The van der Waals surface area contributed by atoms with Gasteiger partial charge in [0.25, 0.3) is 10.4 Å². The van der Waals surface area contributed by atoms with Gasteiger partial charge in [0.2, 0.25) is 10.7 Å². The van der Waals surface area contributed by atoms with Gasteiger partial charge in [0.05, 0.1) is 17.3 Å². The molecule has 172 valence electrons. The third-order valence-corrected chi connectivity index (χ3v) is 5.97. The van der Waals surface area contributed by atoms with Crippen LogP contribution in [-0.2, 0) is 0 Å². The second-order valence-electron chi connectivity index (χ2n) is 6.75. The molecule has 5 aromatic rings. The summed E-state index contributed by atoms with van der Waals surface area (Å²) in [4.78, 5) is 21.6. The Morgan fingerprint density at radius 2 is 1.91 bits per heavy atom. The van der Waals surface area contributed by atoms with Crippen molar-refractivity contribution in [2.75, 3.05) is 7.11 Å². The van der Waals surface area contributed by atoms with E-state index >= 15 is 0 Å². The minimum Gasteiger partial charge on any atom is -0.493 e. The molecule has 0 bridgehead atoms. The number of benzene rings is 2. The smallest absolute Gasteiger partial charge is 0.387 e. The lowest BCUT2D eigenvalue weighted by atomic mass is 10.3. The predicted molar refractivity (Wildman–Crippen MR) is 123 cm³/mol. The molecule has 0 atom stereocenters. The van der Waals surface area contributed by atoms with Crippen LogP contribution in [0.5, 0.6) is 23.0 Å². The summed E-state index contributed by atoms with van der Waals surface area (Å²) in [7, 11) is 1.45. The molecule has 34 heavy (non-hydrogen) atoms. The molecule has 0 radical (unpaired) electrons. The van der Waals surface area contributed by atoms with Gasteiger partial charge in [0.1, 0.15) is 5.75 Å². The van der Waals surface area contributed by atoms with Gasteiger partial charge in [0.15, 0.2) is 22.8 Å². The van der Waals surface area contributed by atoms with E-state index in [4.69, 9.17) is 26.1 Å². The number of methoxy groups -OCH3 is 1. The number of hydrogen-bond acceptors (Lipinski definition) is 9. The molecule has 12 heteroatoms. The highest BCUT2D eigenvalue weighted by molar-refractivity contribution is 7.71. The Kier molecular flexibility index (Phi) is 5.67. The molecule has 0 amide bonds. The highest BCUT2D eigenvalue weighted by Crippen LogP contribution is 2.35. The van der Waals surface area contributed by atoms with Gasteiger partial charge in [-0.25, -0.2) is 14.5 Å². The maximum atomic E-state index is 13.1. The molecular weight excluding hydrogens is 488 g/mol. The van der Waals surface area contributed by atoms with Gasteiger partial charge in [-0.1, -0.05) is 23.5 Å². The van der Waals surface area contributed by atoms with Gasteiger partial charge in [-0.3, -0.25) is 4.79 Å². The lowest BCUT2D eigenvalue weighted by Gasteiger charge is -2.11. The monoisotopic (exact) mass is 501 g/mol. The molecule has 0 aliphatic carbocycles. The number of halogens is 2. The minimum atomic E-state index is -2.98. The number of fused-ring (bicyclic) bond motifs is 2. The first-order valence-corrected chi connectivity index (χ1v) is 10.9. The highest BCUT2D eigenvalue weighted by Gasteiger charge is 2.17. The summed E-state index contributed by atoms with van der Waals surface area (Å²) in [5, 5.41) is 0.277. The van der Waals surface area contributed by atoms with Gasteiger partial charge in [-0.15, -0.1) is 0 Å². The summed E-state index contributed by atoms with van der Waals surface area (Å²) < 4.78 is 48.3. The number of hydrogen-bond donors (Lipinski definition) is 0. The van der Waals surface area contributed by atoms with Gasteiger partial charge in [-0.2, -0.15) is 8.78 Å². The topological polar surface area (TPSA) is 88.6 Å². The van der Waals surface area contributed by atoms with E-state index in [-0.39, 0.29) is 32.6 Å². The fraction of sp³-hybridized carbons (Fsp3) is 0.0909. The summed E-state index contributed by atoms with van der Waals surface area (Å²) in [6.07, 6.45) is 1.43. The molecule has 5 rings (SSSR count). The number of pyridine rings is 1. The summed E-state index contributed by atoms with van der Waals surface area (Å²) in [5.74, 6) is 0.742. The van der Waals surface area contributed by atoms with Crippen molar-refractivity contribution >= 4 is 44.9 Å². The molecule has 0 aliphatic heterocycles. The predicted octanol–water partition coefficient (Wildman–Crippen LogP) is 5.72. The molecule has 3 heterocycles. The molecule has 3 aromatic heterocycles. The third kappa shape index (κ3) is 3.97. The third-order valence-electron chi connectivity index (χ3n) is 4.70. The Hall–Kier alpha value is -3.90. The first kappa shape index (κ1) is 21.9. The number of para-hydroxylation sites is 2. The number of alkyl halides is 2. The zero-order valence-electron chi connectivity index (χ0n) is 17.2. The summed E-state index contributed by atoms with van der Waals surface area (Å²) >= 11 is 6.47. The molecule has 2 aromatic carbocycles. The van der Waals surface area contributed by atoms with Crippen LogP contribution in [0.2, 0.25) is 0 Å². The van der Waals surface area contributed by atoms with Crippen molar-refractivity contribution in [2.24, 2.45) is 0 Å². The number of ether oxygens (including phenoxy) is 3. The van der Waals surface area contributed by atoms with Crippen molar-refractivity contribution in [3.05, 3.63) is 69.9 Å². The van der Waals surface area contributed by atoms with E-state index in [9.17, 15) is 13.6 Å². The van der Waals surface area contributed by atoms with Crippen LogP contribution in [0.1, 0.15) is 0 Å². The van der Waals surface area contributed by atoms with Crippen LogP contribution in [0.4, 0.5) is 8.78 Å². The molecule has 0 spiro atoms. The summed E-state index contributed by atoms with van der Waals surface area (Å²) in [6, 6.07) is 12.6. The maximum Gasteiger partial charge on any atom is 0.387 e. The van der Waals surface area contributed by atoms with Crippen molar-refractivity contribution in [1.29, 1.82) is 0 Å². The lowest BCUT2D eigenvalue weighted by molar-refractivity contribution is -0.0510. The van der Waals surface area contributed by atoms with Crippen molar-refractivity contribution < 1.29 is 27.4 Å². The quantitative estimate of drug-likeness (QED) is 0.273. The average molecular weight is 501 g/mol. The maximum absolute atomic E-state index is 13.1. The first-order valence-electron chi connectivity index (χ1n) is 9.66. The fourth-order valence-electron chi connectivity index (χ4n) is 3.24. The molecule has 0 N–H and O–H groups in total. The van der Waals surface area contributed by atoms with Crippen LogP contribution in [-0.4, -0.2) is 28.3 Å². The van der Waals surface area contributed by atoms with Crippen molar-refractivity contribution in [1.82, 2.24) is 14.5 Å². The number of nitrogens with zero attached hydrogens (tertiary/aromatic N) is 3. The van der Waals surface area contributed by atoms with E-state index < -0.39 is 12.2 Å². The largest absolute Gasteiger partial charge is 0.493 e. The van der Waals surface area contributed by atoms with Crippen molar-refractivity contribution in [2.45, 2.75) is 6.61 Å².